The molecule has 2 aromatic carbocycles. The van der Waals surface area contributed by atoms with Crippen molar-refractivity contribution in [2.45, 2.75) is 6.61 Å². The van der Waals surface area contributed by atoms with Gasteiger partial charge in [-0.15, -0.1) is 0 Å². The van der Waals surface area contributed by atoms with E-state index in [1.807, 2.05) is 0 Å². The minimum atomic E-state index is -0.493. The number of ether oxygens (including phenoxy) is 1. The monoisotopic (exact) mass is 365 g/mol. The molecule has 0 saturated heterocycles. The van der Waals surface area contributed by atoms with Crippen LogP contribution in [-0.4, -0.2) is 15.1 Å². The molecule has 1 aromatic heterocycles. The van der Waals surface area contributed by atoms with Gasteiger partial charge in [-0.2, -0.15) is 4.98 Å². The van der Waals surface area contributed by atoms with Crippen molar-refractivity contribution in [3.05, 3.63) is 68.5 Å². The topological polar surface area (TPSA) is 91.3 Å². The third-order valence-electron chi connectivity index (χ3n) is 3.04. The van der Waals surface area contributed by atoms with Crippen LogP contribution in [0.3, 0.4) is 0 Å². The summed E-state index contributed by atoms with van der Waals surface area (Å²) in [6.07, 6.45) is 0. The zero-order valence-corrected chi connectivity index (χ0v) is 13.5. The summed E-state index contributed by atoms with van der Waals surface area (Å²) in [5, 5.41) is 15.3. The molecule has 24 heavy (non-hydrogen) atoms. The molecule has 0 atom stereocenters. The highest BCUT2D eigenvalue weighted by atomic mass is 35.5. The molecular formula is C15H9Cl2N3O4. The highest BCUT2D eigenvalue weighted by Gasteiger charge is 2.14. The minimum absolute atomic E-state index is 0.0363. The normalized spacial score (nSPS) is 10.6. The first-order valence-corrected chi connectivity index (χ1v) is 7.44. The number of non-ortho nitro benzene ring substituents is 1. The van der Waals surface area contributed by atoms with Crippen molar-refractivity contribution in [2.24, 2.45) is 0 Å². The Morgan fingerprint density at radius 2 is 1.88 bits per heavy atom. The number of halogens is 2. The SMILES string of the molecule is O=[N+]([O-])c1cccc(-c2noc(COc3c(Cl)cccc3Cl)n2)c1. The molecule has 0 fully saturated rings. The Hall–Kier alpha value is -2.64. The van der Waals surface area contributed by atoms with Gasteiger partial charge in [0.15, 0.2) is 12.4 Å². The van der Waals surface area contributed by atoms with E-state index in [0.29, 0.717) is 21.4 Å². The molecule has 0 unspecified atom stereocenters. The number of hydrogen-bond acceptors (Lipinski definition) is 6. The van der Waals surface area contributed by atoms with Crippen molar-refractivity contribution in [1.29, 1.82) is 0 Å². The summed E-state index contributed by atoms with van der Waals surface area (Å²) in [4.78, 5) is 14.5. The van der Waals surface area contributed by atoms with E-state index in [1.54, 1.807) is 30.3 Å². The number of aromatic nitrogens is 2. The lowest BCUT2D eigenvalue weighted by Gasteiger charge is -2.06. The summed E-state index contributed by atoms with van der Waals surface area (Å²) in [5.74, 6) is 0.728. The van der Waals surface area contributed by atoms with Crippen molar-refractivity contribution in [2.75, 3.05) is 0 Å². The summed E-state index contributed by atoms with van der Waals surface area (Å²) < 4.78 is 10.6. The third-order valence-corrected chi connectivity index (χ3v) is 3.64. The molecule has 1 heterocycles. The van der Waals surface area contributed by atoms with Gasteiger partial charge >= 0.3 is 0 Å². The van der Waals surface area contributed by atoms with Gasteiger partial charge in [-0.05, 0) is 12.1 Å². The van der Waals surface area contributed by atoms with Crippen molar-refractivity contribution >= 4 is 28.9 Å². The van der Waals surface area contributed by atoms with Crippen LogP contribution in [0.15, 0.2) is 47.0 Å². The maximum Gasteiger partial charge on any atom is 0.270 e. The highest BCUT2D eigenvalue weighted by Crippen LogP contribution is 2.33. The molecule has 0 aliphatic heterocycles. The number of nitrogens with zero attached hydrogens (tertiary/aromatic N) is 3. The Morgan fingerprint density at radius 3 is 2.58 bits per heavy atom. The molecule has 9 heteroatoms. The van der Waals surface area contributed by atoms with Gasteiger partial charge < -0.3 is 9.26 Å². The van der Waals surface area contributed by atoms with Gasteiger partial charge in [0.2, 0.25) is 5.82 Å². The Labute approximate surface area is 145 Å². The molecule has 0 aliphatic rings. The van der Waals surface area contributed by atoms with E-state index in [-0.39, 0.29) is 24.0 Å². The van der Waals surface area contributed by atoms with E-state index in [1.165, 1.54) is 12.1 Å². The fraction of sp³-hybridized carbons (Fsp3) is 0.0667. The fourth-order valence-electron chi connectivity index (χ4n) is 1.94. The minimum Gasteiger partial charge on any atom is -0.481 e. The number of nitro groups is 1. The van der Waals surface area contributed by atoms with Crippen LogP contribution in [0.4, 0.5) is 5.69 Å². The van der Waals surface area contributed by atoms with Crippen LogP contribution in [0, 0.1) is 10.1 Å². The van der Waals surface area contributed by atoms with Crippen molar-refractivity contribution < 1.29 is 14.2 Å². The number of para-hydroxylation sites is 1. The average Bonchev–Trinajstić information content (AvgIpc) is 3.03. The molecule has 3 aromatic rings. The largest absolute Gasteiger partial charge is 0.481 e. The van der Waals surface area contributed by atoms with Gasteiger partial charge in [0.1, 0.15) is 0 Å². The number of rotatable bonds is 5. The van der Waals surface area contributed by atoms with Gasteiger partial charge in [-0.3, -0.25) is 10.1 Å². The summed E-state index contributed by atoms with van der Waals surface area (Å²) in [5.41, 5.74) is 0.410. The maximum atomic E-state index is 10.8. The highest BCUT2D eigenvalue weighted by molar-refractivity contribution is 6.37. The number of benzene rings is 2. The van der Waals surface area contributed by atoms with Crippen LogP contribution >= 0.6 is 23.2 Å². The molecule has 0 spiro atoms. The van der Waals surface area contributed by atoms with Crippen LogP contribution < -0.4 is 4.74 Å². The summed E-state index contributed by atoms with van der Waals surface area (Å²) >= 11 is 12.0. The Balaban J connectivity index is 1.76. The van der Waals surface area contributed by atoms with Crippen molar-refractivity contribution in [3.63, 3.8) is 0 Å². The molecule has 122 valence electrons. The van der Waals surface area contributed by atoms with E-state index in [2.05, 4.69) is 10.1 Å². The molecule has 0 amide bonds. The predicted octanol–water partition coefficient (Wildman–Crippen LogP) is 4.53. The molecular weight excluding hydrogens is 357 g/mol. The predicted molar refractivity (Wildman–Crippen MR) is 87.2 cm³/mol. The van der Waals surface area contributed by atoms with E-state index >= 15 is 0 Å². The molecule has 0 aliphatic carbocycles. The summed E-state index contributed by atoms with van der Waals surface area (Å²) in [6, 6.07) is 10.9. The lowest BCUT2D eigenvalue weighted by atomic mass is 10.2. The Kier molecular flexibility index (Phi) is 4.64. The van der Waals surface area contributed by atoms with Crippen LogP contribution in [0.1, 0.15) is 5.89 Å². The Morgan fingerprint density at radius 1 is 1.17 bits per heavy atom. The maximum absolute atomic E-state index is 10.8. The molecule has 3 rings (SSSR count). The van der Waals surface area contributed by atoms with Crippen LogP contribution in [0.5, 0.6) is 5.75 Å². The molecule has 0 bridgehead atoms. The van der Waals surface area contributed by atoms with E-state index in [4.69, 9.17) is 32.5 Å². The first kappa shape index (κ1) is 16.2. The molecule has 0 saturated carbocycles. The second-order valence-electron chi connectivity index (χ2n) is 4.66. The smallest absolute Gasteiger partial charge is 0.270 e. The van der Waals surface area contributed by atoms with Gasteiger partial charge in [0.25, 0.3) is 11.6 Å². The van der Waals surface area contributed by atoms with E-state index < -0.39 is 4.92 Å². The number of hydrogen-bond donors (Lipinski definition) is 0. The summed E-state index contributed by atoms with van der Waals surface area (Å²) in [7, 11) is 0. The van der Waals surface area contributed by atoms with Crippen molar-refractivity contribution in [1.82, 2.24) is 10.1 Å². The van der Waals surface area contributed by atoms with Crippen LogP contribution in [0.25, 0.3) is 11.4 Å². The van der Waals surface area contributed by atoms with Crippen LogP contribution in [-0.2, 0) is 6.61 Å². The molecule has 0 radical (unpaired) electrons. The molecule has 7 nitrogen and oxygen atoms in total. The van der Waals surface area contributed by atoms with Crippen LogP contribution in [0.2, 0.25) is 10.0 Å². The lowest BCUT2D eigenvalue weighted by Crippen LogP contribution is -1.97. The number of nitro benzene ring substituents is 1. The second-order valence-corrected chi connectivity index (χ2v) is 5.47. The average molecular weight is 366 g/mol. The zero-order valence-electron chi connectivity index (χ0n) is 12.0. The summed E-state index contributed by atoms with van der Waals surface area (Å²) in [6.45, 7) is -0.0363. The standard InChI is InChI=1S/C15H9Cl2N3O4/c16-11-5-2-6-12(17)14(11)23-8-13-18-15(19-24-13)9-3-1-4-10(7-9)20(21)22/h1-7H,8H2. The van der Waals surface area contributed by atoms with Gasteiger partial charge in [-0.1, -0.05) is 46.6 Å². The molecule has 0 N–H and O–H groups in total. The quantitative estimate of drug-likeness (QED) is 0.487. The van der Waals surface area contributed by atoms with E-state index in [9.17, 15) is 10.1 Å². The third kappa shape index (κ3) is 3.47. The van der Waals surface area contributed by atoms with Crippen molar-refractivity contribution in [3.8, 4) is 17.1 Å². The van der Waals surface area contributed by atoms with Gasteiger partial charge in [0, 0.05) is 17.7 Å². The second kappa shape index (κ2) is 6.86. The van der Waals surface area contributed by atoms with Gasteiger partial charge in [0.05, 0.1) is 15.0 Å². The first-order chi connectivity index (χ1) is 11.5. The zero-order chi connectivity index (χ0) is 17.1. The lowest BCUT2D eigenvalue weighted by molar-refractivity contribution is -0.384. The first-order valence-electron chi connectivity index (χ1n) is 6.69. The van der Waals surface area contributed by atoms with Gasteiger partial charge in [-0.25, -0.2) is 0 Å². The fourth-order valence-corrected chi connectivity index (χ4v) is 2.45. The van der Waals surface area contributed by atoms with E-state index in [0.717, 1.165) is 0 Å². The Bertz CT molecular complexity index is 878.